The molecule has 1 fully saturated rings. The zero-order chi connectivity index (χ0) is 12.1. The Morgan fingerprint density at radius 2 is 2.35 bits per heavy atom. The lowest BCUT2D eigenvalue weighted by Crippen LogP contribution is -2.38. The van der Waals surface area contributed by atoms with Gasteiger partial charge in [-0.3, -0.25) is 4.99 Å². The lowest BCUT2D eigenvalue weighted by atomic mass is 10.2. The van der Waals surface area contributed by atoms with Gasteiger partial charge in [0.05, 0.1) is 5.01 Å². The smallest absolute Gasteiger partial charge is 0.188 e. The summed E-state index contributed by atoms with van der Waals surface area (Å²) >= 11 is 1.69. The van der Waals surface area contributed by atoms with E-state index in [9.17, 15) is 0 Å². The van der Waals surface area contributed by atoms with Crippen LogP contribution in [0.25, 0.3) is 0 Å². The molecule has 0 spiro atoms. The predicted molar refractivity (Wildman–Crippen MR) is 72.4 cm³/mol. The highest BCUT2D eigenvalue weighted by Gasteiger charge is 2.14. The molecule has 0 atom stereocenters. The van der Waals surface area contributed by atoms with E-state index in [1.807, 2.05) is 6.92 Å². The first kappa shape index (κ1) is 12.4. The van der Waals surface area contributed by atoms with Crippen LogP contribution in [-0.2, 0) is 6.42 Å². The fourth-order valence-electron chi connectivity index (χ4n) is 2.11. The maximum atomic E-state index is 5.84. The van der Waals surface area contributed by atoms with E-state index in [-0.39, 0.29) is 0 Å². The van der Waals surface area contributed by atoms with Crippen LogP contribution in [0.2, 0.25) is 0 Å². The summed E-state index contributed by atoms with van der Waals surface area (Å²) in [6.07, 6.45) is 5.95. The fourth-order valence-corrected chi connectivity index (χ4v) is 2.88. The molecule has 4 nitrogen and oxygen atoms in total. The van der Waals surface area contributed by atoms with Crippen LogP contribution in [0, 0.1) is 6.92 Å². The van der Waals surface area contributed by atoms with E-state index in [1.165, 1.54) is 25.7 Å². The maximum absolute atomic E-state index is 5.84. The average molecular weight is 252 g/mol. The number of aromatic nitrogens is 1. The van der Waals surface area contributed by atoms with Gasteiger partial charge < -0.3 is 11.1 Å². The summed E-state index contributed by atoms with van der Waals surface area (Å²) < 4.78 is 0. The Morgan fingerprint density at radius 1 is 1.59 bits per heavy atom. The number of aliphatic imine (C=N–C) groups is 1. The highest BCUT2D eigenvalue weighted by Crippen LogP contribution is 2.17. The van der Waals surface area contributed by atoms with Crippen molar-refractivity contribution >= 4 is 17.3 Å². The first-order valence-corrected chi connectivity index (χ1v) is 7.09. The summed E-state index contributed by atoms with van der Waals surface area (Å²) in [6, 6.07) is 0.542. The van der Waals surface area contributed by atoms with E-state index in [1.54, 1.807) is 11.3 Å². The molecule has 0 amide bonds. The second kappa shape index (κ2) is 6.00. The van der Waals surface area contributed by atoms with Gasteiger partial charge in [0.25, 0.3) is 0 Å². The Bertz CT molecular complexity index is 380. The number of hydrogen-bond acceptors (Lipinski definition) is 3. The fraction of sp³-hybridized carbons (Fsp3) is 0.667. The Kier molecular flexibility index (Phi) is 4.36. The predicted octanol–water partition coefficient (Wildman–Crippen LogP) is 1.84. The van der Waals surface area contributed by atoms with Crippen molar-refractivity contribution in [1.29, 1.82) is 0 Å². The molecule has 0 aromatic carbocycles. The number of nitrogens with zero attached hydrogens (tertiary/aromatic N) is 2. The van der Waals surface area contributed by atoms with Crippen LogP contribution in [0.5, 0.6) is 0 Å². The van der Waals surface area contributed by atoms with Crippen molar-refractivity contribution in [2.75, 3.05) is 6.54 Å². The largest absolute Gasteiger partial charge is 0.370 e. The average Bonchev–Trinajstić information content (AvgIpc) is 2.90. The Labute approximate surface area is 106 Å². The van der Waals surface area contributed by atoms with Crippen molar-refractivity contribution in [2.24, 2.45) is 10.7 Å². The molecule has 1 aromatic rings. The summed E-state index contributed by atoms with van der Waals surface area (Å²) in [7, 11) is 0. The zero-order valence-corrected chi connectivity index (χ0v) is 11.1. The van der Waals surface area contributed by atoms with E-state index in [0.717, 1.165) is 23.7 Å². The quantitative estimate of drug-likeness (QED) is 0.635. The van der Waals surface area contributed by atoms with Crippen LogP contribution < -0.4 is 11.1 Å². The van der Waals surface area contributed by atoms with Crippen LogP contribution in [0.3, 0.4) is 0 Å². The highest BCUT2D eigenvalue weighted by atomic mass is 32.1. The molecular weight excluding hydrogens is 232 g/mol. The van der Waals surface area contributed by atoms with Gasteiger partial charge in [0.2, 0.25) is 0 Å². The molecule has 1 aliphatic rings. The molecule has 1 saturated carbocycles. The van der Waals surface area contributed by atoms with Crippen LogP contribution in [0.15, 0.2) is 10.4 Å². The molecule has 5 heteroatoms. The molecular formula is C12H20N4S. The van der Waals surface area contributed by atoms with E-state index in [0.29, 0.717) is 12.0 Å². The van der Waals surface area contributed by atoms with Gasteiger partial charge in [0, 0.05) is 30.1 Å². The first-order chi connectivity index (χ1) is 8.24. The minimum atomic E-state index is 0.542. The summed E-state index contributed by atoms with van der Waals surface area (Å²) in [4.78, 5) is 8.74. The minimum Gasteiger partial charge on any atom is -0.370 e. The second-order valence-corrected chi connectivity index (χ2v) is 5.47. The molecule has 1 heterocycles. The third-order valence-electron chi connectivity index (χ3n) is 2.98. The van der Waals surface area contributed by atoms with Gasteiger partial charge in [-0.15, -0.1) is 11.3 Å². The van der Waals surface area contributed by atoms with E-state index in [4.69, 9.17) is 5.73 Å². The number of hydrogen-bond donors (Lipinski definition) is 2. The molecule has 0 unspecified atom stereocenters. The van der Waals surface area contributed by atoms with Crippen molar-refractivity contribution < 1.29 is 0 Å². The number of rotatable bonds is 4. The van der Waals surface area contributed by atoms with Crippen molar-refractivity contribution in [3.8, 4) is 0 Å². The monoisotopic (exact) mass is 252 g/mol. The molecule has 0 aliphatic heterocycles. The van der Waals surface area contributed by atoms with Crippen LogP contribution >= 0.6 is 11.3 Å². The van der Waals surface area contributed by atoms with Crippen LogP contribution in [-0.4, -0.2) is 23.5 Å². The molecule has 0 bridgehead atoms. The minimum absolute atomic E-state index is 0.542. The highest BCUT2D eigenvalue weighted by molar-refractivity contribution is 7.09. The zero-order valence-electron chi connectivity index (χ0n) is 10.3. The number of thiazole rings is 1. The summed E-state index contributed by atoms with van der Waals surface area (Å²) in [6.45, 7) is 2.73. The number of aryl methyl sites for hydroxylation is 1. The van der Waals surface area contributed by atoms with E-state index < -0.39 is 0 Å². The molecule has 3 N–H and O–H groups in total. The van der Waals surface area contributed by atoms with Gasteiger partial charge in [0.1, 0.15) is 0 Å². The Hall–Kier alpha value is -1.10. The summed E-state index contributed by atoms with van der Waals surface area (Å²) in [5.41, 5.74) is 6.93. The third kappa shape index (κ3) is 4.00. The van der Waals surface area contributed by atoms with Gasteiger partial charge in [-0.1, -0.05) is 12.8 Å². The SMILES string of the molecule is Cc1csc(CCN=C(N)NC2CCCC2)n1. The molecule has 2 rings (SSSR count). The van der Waals surface area contributed by atoms with Gasteiger partial charge >= 0.3 is 0 Å². The number of nitrogens with one attached hydrogen (secondary N) is 1. The third-order valence-corrected chi connectivity index (χ3v) is 4.01. The molecule has 94 valence electrons. The van der Waals surface area contributed by atoms with Crippen molar-refractivity contribution in [3.63, 3.8) is 0 Å². The summed E-state index contributed by atoms with van der Waals surface area (Å²) in [5.74, 6) is 0.588. The number of guanidine groups is 1. The van der Waals surface area contributed by atoms with Gasteiger partial charge in [-0.2, -0.15) is 0 Å². The lowest BCUT2D eigenvalue weighted by Gasteiger charge is -2.11. The topological polar surface area (TPSA) is 63.3 Å². The van der Waals surface area contributed by atoms with E-state index >= 15 is 0 Å². The first-order valence-electron chi connectivity index (χ1n) is 6.21. The number of nitrogens with two attached hydrogens (primary N) is 1. The summed E-state index contributed by atoms with van der Waals surface area (Å²) in [5, 5.41) is 6.49. The van der Waals surface area contributed by atoms with Crippen molar-refractivity contribution in [3.05, 3.63) is 16.1 Å². The standard InChI is InChI=1S/C12H20N4S/c1-9-8-17-11(15-9)6-7-14-12(13)16-10-4-2-3-5-10/h8,10H,2-7H2,1H3,(H3,13,14,16). The molecule has 0 saturated heterocycles. The Balaban J connectivity index is 1.72. The van der Waals surface area contributed by atoms with Gasteiger partial charge in [-0.05, 0) is 19.8 Å². The molecule has 0 radical (unpaired) electrons. The van der Waals surface area contributed by atoms with E-state index in [2.05, 4.69) is 20.7 Å². The van der Waals surface area contributed by atoms with Crippen molar-refractivity contribution in [2.45, 2.75) is 45.1 Å². The van der Waals surface area contributed by atoms with Gasteiger partial charge in [0.15, 0.2) is 5.96 Å². The molecule has 1 aliphatic carbocycles. The second-order valence-electron chi connectivity index (χ2n) is 4.53. The maximum Gasteiger partial charge on any atom is 0.188 e. The van der Waals surface area contributed by atoms with Gasteiger partial charge in [-0.25, -0.2) is 4.98 Å². The molecule has 17 heavy (non-hydrogen) atoms. The normalized spacial score (nSPS) is 17.6. The van der Waals surface area contributed by atoms with Crippen LogP contribution in [0.4, 0.5) is 0 Å². The molecule has 1 aromatic heterocycles. The lowest BCUT2D eigenvalue weighted by molar-refractivity contribution is 0.625. The van der Waals surface area contributed by atoms with Crippen molar-refractivity contribution in [1.82, 2.24) is 10.3 Å². The van der Waals surface area contributed by atoms with Crippen LogP contribution in [0.1, 0.15) is 36.4 Å². The Morgan fingerprint density at radius 3 is 3.00 bits per heavy atom.